The van der Waals surface area contributed by atoms with Crippen molar-refractivity contribution in [3.63, 3.8) is 0 Å². The van der Waals surface area contributed by atoms with Gasteiger partial charge in [0.25, 0.3) is 5.82 Å². The van der Waals surface area contributed by atoms with E-state index in [4.69, 9.17) is 0 Å². The molecule has 1 aromatic heterocycles. The lowest BCUT2D eigenvalue weighted by Crippen LogP contribution is -2.19. The summed E-state index contributed by atoms with van der Waals surface area (Å²) in [6.45, 7) is 0.574. The monoisotopic (exact) mass is 221 g/mol. The fourth-order valence-corrected chi connectivity index (χ4v) is 1.14. The van der Waals surface area contributed by atoms with E-state index in [0.29, 0.717) is 19.0 Å². The first-order chi connectivity index (χ1) is 7.05. The van der Waals surface area contributed by atoms with Gasteiger partial charge in [-0.2, -0.15) is 18.2 Å². The molecule has 0 spiro atoms. The van der Waals surface area contributed by atoms with E-state index in [-0.39, 0.29) is 5.89 Å². The van der Waals surface area contributed by atoms with E-state index >= 15 is 0 Å². The van der Waals surface area contributed by atoms with Crippen molar-refractivity contribution < 1.29 is 17.7 Å². The summed E-state index contributed by atoms with van der Waals surface area (Å²) < 4.78 is 40.7. The topological polar surface area (TPSA) is 51.0 Å². The smallest absolute Gasteiger partial charge is 0.339 e. The summed E-state index contributed by atoms with van der Waals surface area (Å²) in [5, 5.41) is 6.01. The van der Waals surface area contributed by atoms with Crippen LogP contribution in [0.15, 0.2) is 4.52 Å². The van der Waals surface area contributed by atoms with Crippen LogP contribution in [0.25, 0.3) is 0 Å². The lowest BCUT2D eigenvalue weighted by Gasteiger charge is -1.98. The van der Waals surface area contributed by atoms with Gasteiger partial charge in [-0.05, 0) is 12.8 Å². The molecule has 1 saturated carbocycles. The van der Waals surface area contributed by atoms with Crippen molar-refractivity contribution in [2.24, 2.45) is 0 Å². The van der Waals surface area contributed by atoms with Gasteiger partial charge in [0.1, 0.15) is 0 Å². The van der Waals surface area contributed by atoms with E-state index in [1.807, 2.05) is 0 Å². The predicted molar refractivity (Wildman–Crippen MR) is 44.0 cm³/mol. The Kier molecular flexibility index (Phi) is 2.64. The molecule has 0 radical (unpaired) electrons. The van der Waals surface area contributed by atoms with Crippen LogP contribution < -0.4 is 5.32 Å². The number of aromatic nitrogens is 2. The fraction of sp³-hybridized carbons (Fsp3) is 0.750. The van der Waals surface area contributed by atoms with Crippen LogP contribution in [-0.4, -0.2) is 22.7 Å². The molecule has 15 heavy (non-hydrogen) atoms. The number of hydrogen-bond donors (Lipinski definition) is 1. The summed E-state index contributed by atoms with van der Waals surface area (Å²) in [6, 6.07) is 0.523. The molecule has 0 aromatic carbocycles. The van der Waals surface area contributed by atoms with Gasteiger partial charge in [0, 0.05) is 19.0 Å². The quantitative estimate of drug-likeness (QED) is 0.834. The minimum atomic E-state index is -4.52. The summed E-state index contributed by atoms with van der Waals surface area (Å²) in [4.78, 5) is 3.26. The summed E-state index contributed by atoms with van der Waals surface area (Å²) in [7, 11) is 0. The number of rotatable bonds is 4. The molecule has 1 N–H and O–H groups in total. The van der Waals surface area contributed by atoms with E-state index in [9.17, 15) is 13.2 Å². The van der Waals surface area contributed by atoms with Gasteiger partial charge in [0.15, 0.2) is 0 Å². The van der Waals surface area contributed by atoms with Gasteiger partial charge in [-0.25, -0.2) is 0 Å². The van der Waals surface area contributed by atoms with E-state index in [2.05, 4.69) is 20.0 Å². The normalized spacial score (nSPS) is 17.0. The Labute approximate surface area is 83.8 Å². The van der Waals surface area contributed by atoms with Crippen LogP contribution in [0.3, 0.4) is 0 Å². The Morgan fingerprint density at radius 3 is 2.67 bits per heavy atom. The van der Waals surface area contributed by atoms with Crippen LogP contribution >= 0.6 is 0 Å². The van der Waals surface area contributed by atoms with Crippen molar-refractivity contribution in [3.05, 3.63) is 11.7 Å². The Morgan fingerprint density at radius 1 is 1.40 bits per heavy atom. The third-order valence-electron chi connectivity index (χ3n) is 2.07. The molecule has 4 nitrogen and oxygen atoms in total. The molecule has 1 aliphatic carbocycles. The maximum atomic E-state index is 12.1. The van der Waals surface area contributed by atoms with Crippen LogP contribution in [0, 0.1) is 0 Å². The summed E-state index contributed by atoms with van der Waals surface area (Å²) in [5.41, 5.74) is 0. The van der Waals surface area contributed by atoms with Gasteiger partial charge >= 0.3 is 6.18 Å². The van der Waals surface area contributed by atoms with Crippen LogP contribution in [0.2, 0.25) is 0 Å². The lowest BCUT2D eigenvalue weighted by atomic mass is 10.4. The molecular weight excluding hydrogens is 211 g/mol. The molecule has 0 atom stereocenters. The Hall–Kier alpha value is -1.11. The fourth-order valence-electron chi connectivity index (χ4n) is 1.14. The molecule has 1 aliphatic rings. The summed E-state index contributed by atoms with van der Waals surface area (Å²) >= 11 is 0. The molecule has 0 amide bonds. The zero-order valence-electron chi connectivity index (χ0n) is 7.84. The number of halogens is 3. The first kappa shape index (κ1) is 10.4. The van der Waals surface area contributed by atoms with E-state index in [1.165, 1.54) is 0 Å². The van der Waals surface area contributed by atoms with Gasteiger partial charge in [-0.1, -0.05) is 5.16 Å². The highest BCUT2D eigenvalue weighted by molar-refractivity contribution is 4.91. The van der Waals surface area contributed by atoms with Crippen LogP contribution in [0.5, 0.6) is 0 Å². The van der Waals surface area contributed by atoms with Gasteiger partial charge < -0.3 is 9.84 Å². The Balaban J connectivity index is 1.83. The molecule has 0 unspecified atom stereocenters. The van der Waals surface area contributed by atoms with Crippen LogP contribution in [0.4, 0.5) is 13.2 Å². The third-order valence-corrected chi connectivity index (χ3v) is 2.07. The molecular formula is C8H10F3N3O. The second-order valence-corrected chi connectivity index (χ2v) is 3.49. The summed E-state index contributed by atoms with van der Waals surface area (Å²) in [6.07, 6.45) is -1.92. The second kappa shape index (κ2) is 3.80. The molecule has 2 rings (SSSR count). The van der Waals surface area contributed by atoms with Crippen LogP contribution in [0.1, 0.15) is 24.6 Å². The van der Waals surface area contributed by atoms with Gasteiger partial charge in [-0.3, -0.25) is 0 Å². The molecule has 0 aliphatic heterocycles. The minimum absolute atomic E-state index is 0.0236. The van der Waals surface area contributed by atoms with E-state index in [0.717, 1.165) is 12.8 Å². The van der Waals surface area contributed by atoms with Crippen molar-refractivity contribution in [2.75, 3.05) is 6.54 Å². The molecule has 84 valence electrons. The molecule has 1 fully saturated rings. The summed E-state index contributed by atoms with van der Waals surface area (Å²) in [5.74, 6) is -1.18. The maximum absolute atomic E-state index is 12.1. The average molecular weight is 221 g/mol. The first-order valence-corrected chi connectivity index (χ1v) is 4.69. The number of nitrogens with zero attached hydrogens (tertiary/aromatic N) is 2. The average Bonchev–Trinajstić information content (AvgIpc) is 2.80. The van der Waals surface area contributed by atoms with Gasteiger partial charge in [0.2, 0.25) is 5.89 Å². The standard InChI is InChI=1S/C8H10F3N3O/c9-8(10,11)7-13-6(15-14-7)3-4-12-5-1-2-5/h5,12H,1-4H2. The highest BCUT2D eigenvalue weighted by Gasteiger charge is 2.37. The number of hydrogen-bond acceptors (Lipinski definition) is 4. The SMILES string of the molecule is FC(F)(F)c1noc(CCNC2CC2)n1. The van der Waals surface area contributed by atoms with Crippen molar-refractivity contribution in [1.82, 2.24) is 15.5 Å². The maximum Gasteiger partial charge on any atom is 0.455 e. The highest BCUT2D eigenvalue weighted by Crippen LogP contribution is 2.26. The number of alkyl halides is 3. The predicted octanol–water partition coefficient (Wildman–Crippen LogP) is 1.38. The molecule has 7 heteroatoms. The van der Waals surface area contributed by atoms with Gasteiger partial charge in [-0.15, -0.1) is 0 Å². The van der Waals surface area contributed by atoms with Gasteiger partial charge in [0.05, 0.1) is 0 Å². The molecule has 0 saturated heterocycles. The van der Waals surface area contributed by atoms with E-state index < -0.39 is 12.0 Å². The van der Waals surface area contributed by atoms with Crippen molar-refractivity contribution in [1.29, 1.82) is 0 Å². The first-order valence-electron chi connectivity index (χ1n) is 4.69. The zero-order chi connectivity index (χ0) is 10.9. The largest absolute Gasteiger partial charge is 0.455 e. The Bertz CT molecular complexity index is 332. The van der Waals surface area contributed by atoms with Crippen molar-refractivity contribution in [2.45, 2.75) is 31.5 Å². The molecule has 0 bridgehead atoms. The number of nitrogens with one attached hydrogen (secondary N) is 1. The highest BCUT2D eigenvalue weighted by atomic mass is 19.4. The minimum Gasteiger partial charge on any atom is -0.339 e. The molecule has 1 heterocycles. The third kappa shape index (κ3) is 2.92. The zero-order valence-corrected chi connectivity index (χ0v) is 7.84. The van der Waals surface area contributed by atoms with Crippen LogP contribution in [-0.2, 0) is 12.6 Å². The lowest BCUT2D eigenvalue weighted by molar-refractivity contribution is -0.146. The van der Waals surface area contributed by atoms with E-state index in [1.54, 1.807) is 0 Å². The second-order valence-electron chi connectivity index (χ2n) is 3.49. The Morgan fingerprint density at radius 2 is 2.13 bits per heavy atom. The van der Waals surface area contributed by atoms with Crippen molar-refractivity contribution >= 4 is 0 Å². The van der Waals surface area contributed by atoms with Crippen molar-refractivity contribution in [3.8, 4) is 0 Å². The molecule has 1 aromatic rings.